The highest BCUT2D eigenvalue weighted by molar-refractivity contribution is 6.32. The second-order valence-electron chi connectivity index (χ2n) is 4.81. The molecule has 0 spiro atoms. The van der Waals surface area contributed by atoms with Crippen molar-refractivity contribution in [3.05, 3.63) is 45.9 Å². The maximum absolute atomic E-state index is 14.4. The summed E-state index contributed by atoms with van der Waals surface area (Å²) in [6.45, 7) is 3.74. The minimum atomic E-state index is -0.740. The first-order chi connectivity index (χ1) is 10.4. The molecule has 0 N–H and O–H groups in total. The number of esters is 1. The SMILES string of the molecule is COC(=O)c1cc(F)c(-c2c(C)cc(C)cc2OC)nc1Cl. The van der Waals surface area contributed by atoms with Crippen molar-refractivity contribution in [2.45, 2.75) is 13.8 Å². The molecule has 0 radical (unpaired) electrons. The lowest BCUT2D eigenvalue weighted by Gasteiger charge is -2.14. The van der Waals surface area contributed by atoms with Crippen molar-refractivity contribution in [3.63, 3.8) is 0 Å². The van der Waals surface area contributed by atoms with Gasteiger partial charge in [-0.25, -0.2) is 14.2 Å². The molecule has 2 rings (SSSR count). The molecule has 1 aromatic heterocycles. The fraction of sp³-hybridized carbons (Fsp3) is 0.250. The average Bonchev–Trinajstić information content (AvgIpc) is 2.48. The van der Waals surface area contributed by atoms with Gasteiger partial charge in [0.05, 0.1) is 19.8 Å². The van der Waals surface area contributed by atoms with Gasteiger partial charge in [-0.3, -0.25) is 0 Å². The summed E-state index contributed by atoms with van der Waals surface area (Å²) in [4.78, 5) is 15.6. The van der Waals surface area contributed by atoms with E-state index >= 15 is 0 Å². The third-order valence-corrected chi connectivity index (χ3v) is 3.52. The number of benzene rings is 1. The van der Waals surface area contributed by atoms with Crippen molar-refractivity contribution in [2.75, 3.05) is 14.2 Å². The summed E-state index contributed by atoms with van der Waals surface area (Å²) in [5.74, 6) is -0.920. The summed E-state index contributed by atoms with van der Waals surface area (Å²) < 4.78 is 24.3. The minimum Gasteiger partial charge on any atom is -0.496 e. The van der Waals surface area contributed by atoms with Crippen LogP contribution in [0.1, 0.15) is 21.5 Å². The Morgan fingerprint density at radius 1 is 1.23 bits per heavy atom. The van der Waals surface area contributed by atoms with Crippen molar-refractivity contribution in [1.29, 1.82) is 0 Å². The topological polar surface area (TPSA) is 48.4 Å². The molecule has 0 bridgehead atoms. The molecule has 0 saturated carbocycles. The van der Waals surface area contributed by atoms with E-state index in [0.29, 0.717) is 11.3 Å². The first kappa shape index (κ1) is 16.2. The van der Waals surface area contributed by atoms with Crippen LogP contribution in [-0.2, 0) is 4.74 Å². The molecule has 6 heteroatoms. The van der Waals surface area contributed by atoms with E-state index in [1.165, 1.54) is 14.2 Å². The lowest BCUT2D eigenvalue weighted by molar-refractivity contribution is 0.0600. The molecule has 0 saturated heterocycles. The molecule has 0 aliphatic rings. The molecule has 1 aromatic carbocycles. The normalized spacial score (nSPS) is 10.5. The van der Waals surface area contributed by atoms with Crippen LogP contribution in [0.25, 0.3) is 11.3 Å². The Bertz CT molecular complexity index is 747. The number of aryl methyl sites for hydroxylation is 2. The zero-order valence-corrected chi connectivity index (χ0v) is 13.4. The average molecular weight is 324 g/mol. The van der Waals surface area contributed by atoms with E-state index in [4.69, 9.17) is 16.3 Å². The summed E-state index contributed by atoms with van der Waals surface area (Å²) in [6.07, 6.45) is 0. The van der Waals surface area contributed by atoms with Gasteiger partial charge in [0.1, 0.15) is 16.6 Å². The van der Waals surface area contributed by atoms with Gasteiger partial charge in [0.2, 0.25) is 0 Å². The molecule has 22 heavy (non-hydrogen) atoms. The maximum Gasteiger partial charge on any atom is 0.341 e. The summed E-state index contributed by atoms with van der Waals surface area (Å²) in [7, 11) is 2.69. The van der Waals surface area contributed by atoms with Crippen molar-refractivity contribution < 1.29 is 18.7 Å². The van der Waals surface area contributed by atoms with Crippen LogP contribution in [0.3, 0.4) is 0 Å². The van der Waals surface area contributed by atoms with Crippen LogP contribution in [0.15, 0.2) is 18.2 Å². The Hall–Kier alpha value is -2.14. The molecule has 0 aliphatic carbocycles. The van der Waals surface area contributed by atoms with Gasteiger partial charge in [-0.2, -0.15) is 0 Å². The third-order valence-electron chi connectivity index (χ3n) is 3.24. The second kappa shape index (κ2) is 6.32. The largest absolute Gasteiger partial charge is 0.496 e. The molecule has 1 heterocycles. The number of halogens is 2. The standard InChI is InChI=1S/C16H15ClFNO3/c1-8-5-9(2)13(12(6-8)21-3)14-11(18)7-10(15(17)19-14)16(20)22-4/h5-7H,1-4H3. The van der Waals surface area contributed by atoms with Gasteiger partial charge in [-0.05, 0) is 37.1 Å². The number of ether oxygens (including phenoxy) is 2. The lowest BCUT2D eigenvalue weighted by Crippen LogP contribution is -2.06. The van der Waals surface area contributed by atoms with E-state index in [9.17, 15) is 9.18 Å². The van der Waals surface area contributed by atoms with Gasteiger partial charge in [-0.15, -0.1) is 0 Å². The highest BCUT2D eigenvalue weighted by Gasteiger charge is 2.21. The number of pyridine rings is 1. The molecule has 0 unspecified atom stereocenters. The smallest absolute Gasteiger partial charge is 0.341 e. The predicted molar refractivity (Wildman–Crippen MR) is 82.0 cm³/mol. The Morgan fingerprint density at radius 2 is 1.91 bits per heavy atom. The van der Waals surface area contributed by atoms with Gasteiger partial charge >= 0.3 is 5.97 Å². The molecule has 2 aromatic rings. The van der Waals surface area contributed by atoms with Crippen LogP contribution in [0.5, 0.6) is 5.75 Å². The number of carbonyl (C=O) groups is 1. The zero-order chi connectivity index (χ0) is 16.4. The van der Waals surface area contributed by atoms with E-state index in [-0.39, 0.29) is 16.4 Å². The molecule has 0 atom stereocenters. The van der Waals surface area contributed by atoms with Gasteiger partial charge in [0.15, 0.2) is 5.82 Å². The van der Waals surface area contributed by atoms with Gasteiger partial charge in [-0.1, -0.05) is 17.7 Å². The van der Waals surface area contributed by atoms with Crippen molar-refractivity contribution >= 4 is 17.6 Å². The summed E-state index contributed by atoms with van der Waals surface area (Å²) in [5, 5.41) is -0.120. The van der Waals surface area contributed by atoms with E-state index in [1.54, 1.807) is 6.07 Å². The number of carbonyl (C=O) groups excluding carboxylic acids is 1. The number of hydrogen-bond acceptors (Lipinski definition) is 4. The number of aromatic nitrogens is 1. The second-order valence-corrected chi connectivity index (χ2v) is 5.17. The van der Waals surface area contributed by atoms with Crippen LogP contribution in [-0.4, -0.2) is 25.2 Å². The Morgan fingerprint density at radius 3 is 2.50 bits per heavy atom. The first-order valence-electron chi connectivity index (χ1n) is 6.49. The molecule has 116 valence electrons. The van der Waals surface area contributed by atoms with E-state index < -0.39 is 11.8 Å². The van der Waals surface area contributed by atoms with E-state index in [1.807, 2.05) is 19.9 Å². The van der Waals surface area contributed by atoms with E-state index in [2.05, 4.69) is 9.72 Å². The monoisotopic (exact) mass is 323 g/mol. The van der Waals surface area contributed by atoms with Crippen LogP contribution in [0.4, 0.5) is 4.39 Å². The summed E-state index contributed by atoms with van der Waals surface area (Å²) in [6, 6.07) is 4.70. The van der Waals surface area contributed by atoms with Gasteiger partial charge in [0, 0.05) is 5.56 Å². The quantitative estimate of drug-likeness (QED) is 0.634. The lowest BCUT2D eigenvalue weighted by atomic mass is 10.0. The van der Waals surface area contributed by atoms with Crippen LogP contribution < -0.4 is 4.74 Å². The minimum absolute atomic E-state index is 0.0343. The van der Waals surface area contributed by atoms with Crippen molar-refractivity contribution in [1.82, 2.24) is 4.98 Å². The first-order valence-corrected chi connectivity index (χ1v) is 6.86. The number of rotatable bonds is 3. The Balaban J connectivity index is 2.69. The van der Waals surface area contributed by atoms with E-state index in [0.717, 1.165) is 17.2 Å². The van der Waals surface area contributed by atoms with Crippen molar-refractivity contribution in [3.8, 4) is 17.0 Å². The van der Waals surface area contributed by atoms with Gasteiger partial charge < -0.3 is 9.47 Å². The Labute approximate surface area is 132 Å². The molecule has 0 aliphatic heterocycles. The fourth-order valence-corrected chi connectivity index (χ4v) is 2.50. The molecule has 0 fully saturated rings. The third kappa shape index (κ3) is 2.90. The molecular weight excluding hydrogens is 309 g/mol. The van der Waals surface area contributed by atoms with Crippen LogP contribution in [0, 0.1) is 19.7 Å². The number of nitrogens with zero attached hydrogens (tertiary/aromatic N) is 1. The Kier molecular flexibility index (Phi) is 4.66. The van der Waals surface area contributed by atoms with Crippen LogP contribution in [0.2, 0.25) is 5.15 Å². The summed E-state index contributed by atoms with van der Waals surface area (Å²) in [5.41, 5.74) is 2.20. The van der Waals surface area contributed by atoms with Crippen LogP contribution >= 0.6 is 11.6 Å². The molecule has 0 amide bonds. The molecule has 4 nitrogen and oxygen atoms in total. The maximum atomic E-state index is 14.4. The molecular formula is C16H15ClFNO3. The van der Waals surface area contributed by atoms with Crippen molar-refractivity contribution in [2.24, 2.45) is 0 Å². The number of methoxy groups -OCH3 is 2. The fourth-order valence-electron chi connectivity index (χ4n) is 2.29. The highest BCUT2D eigenvalue weighted by atomic mass is 35.5. The summed E-state index contributed by atoms with van der Waals surface area (Å²) >= 11 is 5.98. The van der Waals surface area contributed by atoms with Gasteiger partial charge in [0.25, 0.3) is 0 Å². The highest BCUT2D eigenvalue weighted by Crippen LogP contribution is 2.36. The zero-order valence-electron chi connectivity index (χ0n) is 12.7. The number of hydrogen-bond donors (Lipinski definition) is 0. The predicted octanol–water partition coefficient (Wildman–Crippen LogP) is 3.95.